The number of piperazine rings is 1. The van der Waals surface area contributed by atoms with Gasteiger partial charge in [-0.3, -0.25) is 9.59 Å². The molecule has 0 bridgehead atoms. The molecule has 0 saturated carbocycles. The molecule has 2 aliphatic heterocycles. The number of hydrogen-bond donors (Lipinski definition) is 1. The Kier molecular flexibility index (Phi) is 4.48. The zero-order chi connectivity index (χ0) is 18.3. The molecule has 2 fully saturated rings. The summed E-state index contributed by atoms with van der Waals surface area (Å²) in [6, 6.07) is 4.98. The molecule has 0 radical (unpaired) electrons. The van der Waals surface area contributed by atoms with Crippen molar-refractivity contribution in [2.75, 3.05) is 26.2 Å². The molecule has 8 heteroatoms. The molecule has 1 N–H and O–H groups in total. The van der Waals surface area contributed by atoms with Crippen LogP contribution >= 0.6 is 0 Å². The van der Waals surface area contributed by atoms with E-state index in [1.807, 2.05) is 12.1 Å². The number of fused-ring (bicyclic) bond motifs is 1. The van der Waals surface area contributed by atoms with Crippen molar-refractivity contribution >= 4 is 21.8 Å². The molecule has 140 valence electrons. The first-order valence-corrected chi connectivity index (χ1v) is 10.6. The van der Waals surface area contributed by atoms with Crippen LogP contribution < -0.4 is 5.32 Å². The molecular formula is C18H23N3O4S. The van der Waals surface area contributed by atoms with E-state index in [-0.39, 0.29) is 24.9 Å². The van der Waals surface area contributed by atoms with E-state index in [2.05, 4.69) is 5.32 Å². The third-order valence-electron chi connectivity index (χ3n) is 5.55. The fourth-order valence-electron chi connectivity index (χ4n) is 4.03. The summed E-state index contributed by atoms with van der Waals surface area (Å²) >= 11 is 0. The lowest BCUT2D eigenvalue weighted by Gasteiger charge is -2.35. The molecule has 0 aromatic heterocycles. The minimum absolute atomic E-state index is 0.0961. The fraction of sp³-hybridized carbons (Fsp3) is 0.556. The van der Waals surface area contributed by atoms with Gasteiger partial charge < -0.3 is 10.2 Å². The van der Waals surface area contributed by atoms with Gasteiger partial charge >= 0.3 is 0 Å². The van der Waals surface area contributed by atoms with E-state index in [9.17, 15) is 18.0 Å². The van der Waals surface area contributed by atoms with E-state index < -0.39 is 16.1 Å². The number of rotatable bonds is 3. The largest absolute Gasteiger partial charge is 0.344 e. The Morgan fingerprint density at radius 3 is 2.46 bits per heavy atom. The quantitative estimate of drug-likeness (QED) is 0.820. The summed E-state index contributed by atoms with van der Waals surface area (Å²) in [4.78, 5) is 25.7. The van der Waals surface area contributed by atoms with Gasteiger partial charge in [-0.25, -0.2) is 8.42 Å². The van der Waals surface area contributed by atoms with Crippen molar-refractivity contribution < 1.29 is 18.0 Å². The number of sulfonamides is 1. The zero-order valence-corrected chi connectivity index (χ0v) is 15.4. The third kappa shape index (κ3) is 3.12. The van der Waals surface area contributed by atoms with E-state index in [1.165, 1.54) is 9.87 Å². The third-order valence-corrected chi connectivity index (χ3v) is 7.45. The lowest BCUT2D eigenvalue weighted by Crippen LogP contribution is -2.54. The predicted octanol–water partition coefficient (Wildman–Crippen LogP) is 0.287. The Hall–Kier alpha value is -1.93. The maximum Gasteiger partial charge on any atom is 0.245 e. The van der Waals surface area contributed by atoms with Crippen LogP contribution in [0, 0.1) is 0 Å². The normalized spacial score (nSPS) is 23.8. The van der Waals surface area contributed by atoms with Gasteiger partial charge in [0.2, 0.25) is 21.8 Å². The minimum Gasteiger partial charge on any atom is -0.344 e. The summed E-state index contributed by atoms with van der Waals surface area (Å²) in [5, 5.41) is 2.68. The number of benzene rings is 1. The highest BCUT2D eigenvalue weighted by Gasteiger charge is 2.35. The molecule has 2 amide bonds. The lowest BCUT2D eigenvalue weighted by molar-refractivity contribution is -0.135. The second kappa shape index (κ2) is 6.66. The van der Waals surface area contributed by atoms with Crippen molar-refractivity contribution in [3.63, 3.8) is 0 Å². The number of nitrogens with zero attached hydrogens (tertiary/aromatic N) is 2. The average molecular weight is 377 g/mol. The molecule has 0 unspecified atom stereocenters. The number of aryl methyl sites for hydroxylation is 2. The highest BCUT2D eigenvalue weighted by atomic mass is 32.2. The van der Waals surface area contributed by atoms with Crippen molar-refractivity contribution in [1.29, 1.82) is 0 Å². The van der Waals surface area contributed by atoms with Crippen LogP contribution in [0.3, 0.4) is 0 Å². The van der Waals surface area contributed by atoms with Crippen molar-refractivity contribution in [3.8, 4) is 0 Å². The van der Waals surface area contributed by atoms with Crippen LogP contribution in [0.5, 0.6) is 0 Å². The summed E-state index contributed by atoms with van der Waals surface area (Å²) < 4.78 is 27.3. The first-order chi connectivity index (χ1) is 12.4. The smallest absolute Gasteiger partial charge is 0.245 e. The van der Waals surface area contributed by atoms with Crippen molar-refractivity contribution in [2.24, 2.45) is 0 Å². The van der Waals surface area contributed by atoms with Crippen LogP contribution in [0.25, 0.3) is 0 Å². The highest BCUT2D eigenvalue weighted by Crippen LogP contribution is 2.27. The first-order valence-electron chi connectivity index (χ1n) is 9.15. The molecule has 3 aliphatic rings. The topological polar surface area (TPSA) is 86.8 Å². The SMILES string of the molecule is O=C1CC[C@@H](C(=O)N2CCN(S(=O)(=O)c3ccc4c(c3)CCC4)CC2)N1. The maximum atomic E-state index is 12.9. The summed E-state index contributed by atoms with van der Waals surface area (Å²) in [7, 11) is -3.53. The first kappa shape index (κ1) is 17.5. The highest BCUT2D eigenvalue weighted by molar-refractivity contribution is 7.89. The van der Waals surface area contributed by atoms with Gasteiger partial charge in [-0.05, 0) is 48.9 Å². The van der Waals surface area contributed by atoms with Gasteiger partial charge in [0.05, 0.1) is 4.90 Å². The van der Waals surface area contributed by atoms with E-state index in [4.69, 9.17) is 0 Å². The van der Waals surface area contributed by atoms with Gasteiger partial charge in [0.1, 0.15) is 6.04 Å². The molecule has 4 rings (SSSR count). The van der Waals surface area contributed by atoms with Crippen LogP contribution in [0.15, 0.2) is 23.1 Å². The zero-order valence-electron chi connectivity index (χ0n) is 14.6. The van der Waals surface area contributed by atoms with E-state index >= 15 is 0 Å². The maximum absolute atomic E-state index is 12.9. The van der Waals surface area contributed by atoms with Gasteiger partial charge in [0.25, 0.3) is 0 Å². The van der Waals surface area contributed by atoms with Crippen LogP contribution in [-0.4, -0.2) is 61.7 Å². The summed E-state index contributed by atoms with van der Waals surface area (Å²) in [5.74, 6) is -0.202. The molecule has 1 atom stereocenters. The Labute approximate surface area is 153 Å². The van der Waals surface area contributed by atoms with E-state index in [0.717, 1.165) is 24.8 Å². The summed E-state index contributed by atoms with van der Waals surface area (Å²) in [5.41, 5.74) is 2.38. The summed E-state index contributed by atoms with van der Waals surface area (Å²) in [6.07, 6.45) is 3.94. The molecule has 2 saturated heterocycles. The average Bonchev–Trinajstić information content (AvgIpc) is 3.29. The fourth-order valence-corrected chi connectivity index (χ4v) is 5.50. The van der Waals surface area contributed by atoms with Crippen LogP contribution in [-0.2, 0) is 32.5 Å². The Morgan fingerprint density at radius 1 is 1.04 bits per heavy atom. The molecule has 1 aromatic carbocycles. The molecule has 26 heavy (non-hydrogen) atoms. The van der Waals surface area contributed by atoms with Crippen molar-refractivity contribution in [1.82, 2.24) is 14.5 Å². The van der Waals surface area contributed by atoms with Gasteiger partial charge in [-0.2, -0.15) is 4.31 Å². The van der Waals surface area contributed by atoms with Gasteiger partial charge in [-0.15, -0.1) is 0 Å². The van der Waals surface area contributed by atoms with Crippen LogP contribution in [0.2, 0.25) is 0 Å². The standard InChI is InChI=1S/C18H23N3O4S/c22-17-7-6-16(19-17)18(23)20-8-10-21(11-9-20)26(24,25)15-5-4-13-2-1-3-14(13)12-15/h4-5,12,16H,1-3,6-11H2,(H,19,22)/t16-/m0/s1. The Morgan fingerprint density at radius 2 is 1.77 bits per heavy atom. The summed E-state index contributed by atoms with van der Waals surface area (Å²) in [6.45, 7) is 1.28. The number of carbonyl (C=O) groups is 2. The van der Waals surface area contributed by atoms with Gasteiger partial charge in [0, 0.05) is 32.6 Å². The lowest BCUT2D eigenvalue weighted by atomic mass is 10.1. The second-order valence-electron chi connectivity index (χ2n) is 7.17. The van der Waals surface area contributed by atoms with Crippen molar-refractivity contribution in [3.05, 3.63) is 29.3 Å². The minimum atomic E-state index is -3.53. The molecular weight excluding hydrogens is 354 g/mol. The number of hydrogen-bond acceptors (Lipinski definition) is 4. The van der Waals surface area contributed by atoms with Crippen LogP contribution in [0.1, 0.15) is 30.4 Å². The number of amides is 2. The van der Waals surface area contributed by atoms with E-state index in [0.29, 0.717) is 30.8 Å². The predicted molar refractivity (Wildman–Crippen MR) is 95.0 cm³/mol. The number of carbonyl (C=O) groups excluding carboxylic acids is 2. The van der Waals surface area contributed by atoms with E-state index in [1.54, 1.807) is 11.0 Å². The number of nitrogens with one attached hydrogen (secondary N) is 1. The molecule has 1 aromatic rings. The van der Waals surface area contributed by atoms with Crippen LogP contribution in [0.4, 0.5) is 0 Å². The van der Waals surface area contributed by atoms with Crippen molar-refractivity contribution in [2.45, 2.75) is 43.0 Å². The van der Waals surface area contributed by atoms with Gasteiger partial charge in [-0.1, -0.05) is 6.07 Å². The molecule has 0 spiro atoms. The molecule has 7 nitrogen and oxygen atoms in total. The second-order valence-corrected chi connectivity index (χ2v) is 9.11. The molecule has 1 aliphatic carbocycles. The Bertz CT molecular complexity index is 844. The Balaban J connectivity index is 1.42. The van der Waals surface area contributed by atoms with Gasteiger partial charge in [0.15, 0.2) is 0 Å². The monoisotopic (exact) mass is 377 g/mol. The molecule has 2 heterocycles.